The zero-order chi connectivity index (χ0) is 10.4. The smallest absolute Gasteiger partial charge is 0.0639 e. The molecule has 3 N–H and O–H groups in total. The standard InChI is InChI=1S/C12H17NO/c1-10(9-14)7-12(13)8-11-5-3-2-4-6-11/h2-7,12,14H,8-9,13H2,1H3/b10-7+/t12-/m1/s1. The molecule has 0 aromatic heterocycles. The van der Waals surface area contributed by atoms with Crippen LogP contribution in [0.5, 0.6) is 0 Å². The molecule has 0 aliphatic carbocycles. The second-order valence-corrected chi connectivity index (χ2v) is 3.52. The fraction of sp³-hybridized carbons (Fsp3) is 0.333. The molecule has 1 aromatic carbocycles. The molecular weight excluding hydrogens is 174 g/mol. The molecule has 0 saturated carbocycles. The molecule has 0 saturated heterocycles. The van der Waals surface area contributed by atoms with Gasteiger partial charge in [-0.25, -0.2) is 0 Å². The number of aliphatic hydroxyl groups is 1. The molecule has 0 spiro atoms. The van der Waals surface area contributed by atoms with Gasteiger partial charge >= 0.3 is 0 Å². The zero-order valence-corrected chi connectivity index (χ0v) is 8.48. The number of hydrogen-bond acceptors (Lipinski definition) is 2. The number of aliphatic hydroxyl groups excluding tert-OH is 1. The van der Waals surface area contributed by atoms with Crippen LogP contribution in [0.4, 0.5) is 0 Å². The van der Waals surface area contributed by atoms with Gasteiger partial charge in [-0.2, -0.15) is 0 Å². The molecule has 1 aromatic rings. The third-order valence-electron chi connectivity index (χ3n) is 2.06. The monoisotopic (exact) mass is 191 g/mol. The van der Waals surface area contributed by atoms with Crippen LogP contribution in [0, 0.1) is 0 Å². The van der Waals surface area contributed by atoms with Crippen molar-refractivity contribution in [2.24, 2.45) is 5.73 Å². The van der Waals surface area contributed by atoms with E-state index < -0.39 is 0 Å². The van der Waals surface area contributed by atoms with Gasteiger partial charge in [0, 0.05) is 6.04 Å². The molecule has 0 aliphatic rings. The van der Waals surface area contributed by atoms with E-state index in [2.05, 4.69) is 12.1 Å². The Bertz CT molecular complexity index is 292. The van der Waals surface area contributed by atoms with Gasteiger partial charge in [0.15, 0.2) is 0 Å². The molecule has 0 unspecified atom stereocenters. The molecule has 0 radical (unpaired) electrons. The van der Waals surface area contributed by atoms with E-state index in [4.69, 9.17) is 10.8 Å². The van der Waals surface area contributed by atoms with E-state index >= 15 is 0 Å². The van der Waals surface area contributed by atoms with Crippen LogP contribution < -0.4 is 5.73 Å². The quantitative estimate of drug-likeness (QED) is 0.708. The molecule has 2 heteroatoms. The molecular formula is C12H17NO. The lowest BCUT2D eigenvalue weighted by molar-refractivity contribution is 0.330. The van der Waals surface area contributed by atoms with Gasteiger partial charge in [0.25, 0.3) is 0 Å². The Labute approximate surface area is 85.1 Å². The number of nitrogens with two attached hydrogens (primary N) is 1. The Hall–Kier alpha value is -1.12. The van der Waals surface area contributed by atoms with Crippen LogP contribution >= 0.6 is 0 Å². The van der Waals surface area contributed by atoms with Crippen molar-refractivity contribution in [1.29, 1.82) is 0 Å². The van der Waals surface area contributed by atoms with Crippen molar-refractivity contribution in [3.05, 3.63) is 47.5 Å². The van der Waals surface area contributed by atoms with E-state index in [-0.39, 0.29) is 12.6 Å². The molecule has 1 atom stereocenters. The van der Waals surface area contributed by atoms with Crippen molar-refractivity contribution in [3.63, 3.8) is 0 Å². The van der Waals surface area contributed by atoms with E-state index in [1.54, 1.807) is 0 Å². The summed E-state index contributed by atoms with van der Waals surface area (Å²) in [4.78, 5) is 0. The van der Waals surface area contributed by atoms with Crippen LogP contribution in [0.3, 0.4) is 0 Å². The summed E-state index contributed by atoms with van der Waals surface area (Å²) in [5, 5.41) is 8.83. The second-order valence-electron chi connectivity index (χ2n) is 3.52. The minimum absolute atomic E-state index is 0.00968. The average Bonchev–Trinajstić information content (AvgIpc) is 2.19. The van der Waals surface area contributed by atoms with Crippen LogP contribution in [0.15, 0.2) is 42.0 Å². The Kier molecular flexibility index (Phi) is 4.36. The Morgan fingerprint density at radius 2 is 2.07 bits per heavy atom. The molecule has 76 valence electrons. The summed E-state index contributed by atoms with van der Waals surface area (Å²) in [6.45, 7) is 1.97. The number of benzene rings is 1. The summed E-state index contributed by atoms with van der Waals surface area (Å²) in [6.07, 6.45) is 2.73. The first-order chi connectivity index (χ1) is 6.72. The molecule has 0 heterocycles. The number of rotatable bonds is 4. The molecule has 0 aliphatic heterocycles. The maximum Gasteiger partial charge on any atom is 0.0639 e. The summed E-state index contributed by atoms with van der Waals surface area (Å²) in [5.41, 5.74) is 8.04. The zero-order valence-electron chi connectivity index (χ0n) is 8.48. The summed E-state index contributed by atoms with van der Waals surface area (Å²) >= 11 is 0. The molecule has 0 fully saturated rings. The van der Waals surface area contributed by atoms with E-state index in [0.717, 1.165) is 12.0 Å². The van der Waals surface area contributed by atoms with Gasteiger partial charge in [-0.1, -0.05) is 42.0 Å². The maximum atomic E-state index is 8.83. The minimum atomic E-state index is -0.00968. The summed E-state index contributed by atoms with van der Waals surface area (Å²) in [7, 11) is 0. The Morgan fingerprint density at radius 1 is 1.43 bits per heavy atom. The topological polar surface area (TPSA) is 46.2 Å². The predicted octanol–water partition coefficient (Wildman–Crippen LogP) is 1.50. The van der Waals surface area contributed by atoms with Crippen molar-refractivity contribution >= 4 is 0 Å². The fourth-order valence-electron chi connectivity index (χ4n) is 1.36. The lowest BCUT2D eigenvalue weighted by Crippen LogP contribution is -2.20. The van der Waals surface area contributed by atoms with Gasteiger partial charge in [-0.05, 0) is 18.9 Å². The van der Waals surface area contributed by atoms with Gasteiger partial charge in [-0.15, -0.1) is 0 Å². The van der Waals surface area contributed by atoms with Crippen molar-refractivity contribution in [3.8, 4) is 0 Å². The Morgan fingerprint density at radius 3 is 2.64 bits per heavy atom. The first kappa shape index (κ1) is 11.0. The highest BCUT2D eigenvalue weighted by atomic mass is 16.3. The summed E-state index contributed by atoms with van der Waals surface area (Å²) in [5.74, 6) is 0. The van der Waals surface area contributed by atoms with E-state index in [0.29, 0.717) is 0 Å². The van der Waals surface area contributed by atoms with E-state index in [9.17, 15) is 0 Å². The normalized spacial score (nSPS) is 14.1. The predicted molar refractivity (Wildman–Crippen MR) is 59.0 cm³/mol. The van der Waals surface area contributed by atoms with Crippen molar-refractivity contribution < 1.29 is 5.11 Å². The van der Waals surface area contributed by atoms with Crippen LogP contribution in [0.1, 0.15) is 12.5 Å². The van der Waals surface area contributed by atoms with Gasteiger partial charge in [0.1, 0.15) is 0 Å². The highest BCUT2D eigenvalue weighted by Gasteiger charge is 2.00. The molecule has 14 heavy (non-hydrogen) atoms. The fourth-order valence-corrected chi connectivity index (χ4v) is 1.36. The molecule has 0 bridgehead atoms. The van der Waals surface area contributed by atoms with Crippen LogP contribution in [0.25, 0.3) is 0 Å². The van der Waals surface area contributed by atoms with Gasteiger partial charge in [0.2, 0.25) is 0 Å². The number of hydrogen-bond donors (Lipinski definition) is 2. The first-order valence-electron chi connectivity index (χ1n) is 4.80. The van der Waals surface area contributed by atoms with Crippen molar-refractivity contribution in [2.75, 3.05) is 6.61 Å². The van der Waals surface area contributed by atoms with Crippen LogP contribution in [0.2, 0.25) is 0 Å². The maximum absolute atomic E-state index is 8.83. The molecule has 0 amide bonds. The van der Waals surface area contributed by atoms with Crippen LogP contribution in [-0.2, 0) is 6.42 Å². The average molecular weight is 191 g/mol. The van der Waals surface area contributed by atoms with Gasteiger partial charge < -0.3 is 10.8 Å². The first-order valence-corrected chi connectivity index (χ1v) is 4.80. The van der Waals surface area contributed by atoms with E-state index in [1.165, 1.54) is 5.56 Å². The van der Waals surface area contributed by atoms with Gasteiger partial charge in [0.05, 0.1) is 6.61 Å². The Balaban J connectivity index is 2.53. The largest absolute Gasteiger partial charge is 0.392 e. The minimum Gasteiger partial charge on any atom is -0.392 e. The summed E-state index contributed by atoms with van der Waals surface area (Å²) in [6, 6.07) is 10.1. The highest BCUT2D eigenvalue weighted by Crippen LogP contribution is 2.04. The van der Waals surface area contributed by atoms with Gasteiger partial charge in [-0.3, -0.25) is 0 Å². The lowest BCUT2D eigenvalue weighted by Gasteiger charge is -2.07. The highest BCUT2D eigenvalue weighted by molar-refractivity contribution is 5.18. The third-order valence-corrected chi connectivity index (χ3v) is 2.06. The van der Waals surface area contributed by atoms with E-state index in [1.807, 2.05) is 31.2 Å². The summed E-state index contributed by atoms with van der Waals surface area (Å²) < 4.78 is 0. The van der Waals surface area contributed by atoms with Crippen LogP contribution in [-0.4, -0.2) is 17.8 Å². The molecule has 2 nitrogen and oxygen atoms in total. The molecule has 1 rings (SSSR count). The second kappa shape index (κ2) is 5.58. The van der Waals surface area contributed by atoms with Crippen molar-refractivity contribution in [1.82, 2.24) is 0 Å². The SMILES string of the molecule is C/C(=C\[C@@H](N)Cc1ccccc1)CO. The van der Waals surface area contributed by atoms with Crippen molar-refractivity contribution in [2.45, 2.75) is 19.4 Å². The third kappa shape index (κ3) is 3.73. The lowest BCUT2D eigenvalue weighted by atomic mass is 10.0.